The highest BCUT2D eigenvalue weighted by Gasteiger charge is 2.17. The van der Waals surface area contributed by atoms with E-state index in [4.69, 9.17) is 0 Å². The van der Waals surface area contributed by atoms with E-state index in [1.54, 1.807) is 10.7 Å². The molecular weight excluding hydrogens is 450 g/mol. The molecule has 0 radical (unpaired) electrons. The molecule has 33 heavy (non-hydrogen) atoms. The van der Waals surface area contributed by atoms with Crippen molar-refractivity contribution in [2.75, 3.05) is 10.0 Å². The topological polar surface area (TPSA) is 93.1 Å². The maximum absolute atomic E-state index is 13.4. The molecule has 0 saturated carbocycles. The van der Waals surface area contributed by atoms with Crippen LogP contribution < -0.4 is 10.0 Å². The number of rotatable bonds is 6. The first-order valence-corrected chi connectivity index (χ1v) is 11.2. The first-order chi connectivity index (χ1) is 15.7. The summed E-state index contributed by atoms with van der Waals surface area (Å²) in [5.41, 5.74) is 2.43. The number of carbonyl (C=O) groups excluding carboxylic acids is 1. The van der Waals surface area contributed by atoms with Crippen LogP contribution in [0.1, 0.15) is 16.2 Å². The van der Waals surface area contributed by atoms with Crippen LogP contribution in [0.5, 0.6) is 0 Å². The number of nitrogens with one attached hydrogen (secondary N) is 2. The number of anilines is 2. The first kappa shape index (κ1) is 22.2. The molecule has 4 aromatic rings. The van der Waals surface area contributed by atoms with Crippen LogP contribution >= 0.6 is 0 Å². The number of carbonyl (C=O) groups is 1. The van der Waals surface area contributed by atoms with Gasteiger partial charge in [0.05, 0.1) is 10.6 Å². The fourth-order valence-corrected chi connectivity index (χ4v) is 4.16. The predicted molar refractivity (Wildman–Crippen MR) is 120 cm³/mol. The average Bonchev–Trinajstić information content (AvgIpc) is 3.19. The summed E-state index contributed by atoms with van der Waals surface area (Å²) < 4.78 is 55.1. The Hall–Kier alpha value is -4.05. The van der Waals surface area contributed by atoms with Gasteiger partial charge in [0.25, 0.3) is 15.9 Å². The van der Waals surface area contributed by atoms with Gasteiger partial charge in [-0.05, 0) is 67.6 Å². The van der Waals surface area contributed by atoms with Crippen molar-refractivity contribution in [3.05, 3.63) is 102 Å². The van der Waals surface area contributed by atoms with Crippen molar-refractivity contribution in [2.24, 2.45) is 0 Å². The summed E-state index contributed by atoms with van der Waals surface area (Å²) in [5.74, 6) is -2.83. The van der Waals surface area contributed by atoms with E-state index >= 15 is 0 Å². The van der Waals surface area contributed by atoms with E-state index in [1.165, 1.54) is 24.3 Å². The number of amides is 1. The molecule has 1 heterocycles. The molecule has 2 N–H and O–H groups in total. The van der Waals surface area contributed by atoms with E-state index in [0.717, 1.165) is 23.5 Å². The molecule has 168 valence electrons. The molecule has 3 aromatic carbocycles. The fraction of sp³-hybridized carbons (Fsp3) is 0.0435. The minimum Gasteiger partial charge on any atom is -0.321 e. The van der Waals surface area contributed by atoms with E-state index < -0.39 is 32.5 Å². The van der Waals surface area contributed by atoms with Crippen LogP contribution in [-0.4, -0.2) is 24.1 Å². The lowest BCUT2D eigenvalue weighted by molar-refractivity contribution is 0.102. The highest BCUT2D eigenvalue weighted by Crippen LogP contribution is 2.20. The quantitative estimate of drug-likeness (QED) is 0.435. The van der Waals surface area contributed by atoms with Crippen molar-refractivity contribution in [3.63, 3.8) is 0 Å². The van der Waals surface area contributed by atoms with Crippen molar-refractivity contribution < 1.29 is 22.0 Å². The molecule has 0 saturated heterocycles. The number of aryl methyl sites for hydroxylation is 1. The number of para-hydroxylation sites is 1. The second-order valence-corrected chi connectivity index (χ2v) is 8.81. The van der Waals surface area contributed by atoms with Crippen molar-refractivity contribution in [2.45, 2.75) is 11.8 Å². The predicted octanol–water partition coefficient (Wildman–Crippen LogP) is 4.51. The fourth-order valence-electron chi connectivity index (χ4n) is 3.09. The maximum Gasteiger partial charge on any atom is 0.276 e. The Balaban J connectivity index is 1.46. The summed E-state index contributed by atoms with van der Waals surface area (Å²) in [6.07, 6.45) is 0. The molecule has 7 nitrogen and oxygen atoms in total. The second-order valence-electron chi connectivity index (χ2n) is 7.13. The lowest BCUT2D eigenvalue weighted by Crippen LogP contribution is -2.14. The molecule has 0 spiro atoms. The van der Waals surface area contributed by atoms with Gasteiger partial charge in [-0.2, -0.15) is 5.10 Å². The van der Waals surface area contributed by atoms with Gasteiger partial charge >= 0.3 is 0 Å². The SMILES string of the molecule is Cc1cc(C(=O)Nc2ccc(NS(=O)(=O)c3ccc(F)c(F)c3)cc2)nn1-c1ccccc1. The number of hydrogen-bond donors (Lipinski definition) is 2. The van der Waals surface area contributed by atoms with Crippen molar-refractivity contribution in [3.8, 4) is 5.69 Å². The molecule has 0 aliphatic carbocycles. The Bertz CT molecular complexity index is 1420. The molecule has 10 heteroatoms. The molecule has 0 bridgehead atoms. The zero-order valence-electron chi connectivity index (χ0n) is 17.3. The minimum atomic E-state index is -4.12. The van der Waals surface area contributed by atoms with Gasteiger partial charge in [-0.1, -0.05) is 18.2 Å². The molecule has 0 aliphatic rings. The molecule has 0 unspecified atom stereocenters. The van der Waals surface area contributed by atoms with E-state index in [1.807, 2.05) is 37.3 Å². The standard InChI is InChI=1S/C23H18F2N4O3S/c1-15-13-22(27-29(15)18-5-3-2-4-6-18)23(30)26-16-7-9-17(10-8-16)28-33(31,32)19-11-12-20(24)21(25)14-19/h2-14,28H,1H3,(H,26,30). The Kier molecular flexibility index (Phi) is 5.93. The lowest BCUT2D eigenvalue weighted by atomic mass is 10.2. The number of hydrogen-bond acceptors (Lipinski definition) is 4. The van der Waals surface area contributed by atoms with Crippen molar-refractivity contribution >= 4 is 27.3 Å². The molecule has 0 fully saturated rings. The maximum atomic E-state index is 13.4. The summed E-state index contributed by atoms with van der Waals surface area (Å²) in [6.45, 7) is 1.84. The third-order valence-electron chi connectivity index (χ3n) is 4.72. The summed E-state index contributed by atoms with van der Waals surface area (Å²) in [7, 11) is -4.12. The number of halogens is 2. The van der Waals surface area contributed by atoms with Crippen LogP contribution in [0.25, 0.3) is 5.69 Å². The highest BCUT2D eigenvalue weighted by molar-refractivity contribution is 7.92. The zero-order valence-corrected chi connectivity index (χ0v) is 18.1. The van der Waals surface area contributed by atoms with E-state index in [-0.39, 0.29) is 11.4 Å². The lowest BCUT2D eigenvalue weighted by Gasteiger charge is -2.09. The van der Waals surface area contributed by atoms with Crippen LogP contribution in [-0.2, 0) is 10.0 Å². The van der Waals surface area contributed by atoms with Crippen molar-refractivity contribution in [1.29, 1.82) is 0 Å². The van der Waals surface area contributed by atoms with Crippen molar-refractivity contribution in [1.82, 2.24) is 9.78 Å². The van der Waals surface area contributed by atoms with Gasteiger partial charge in [0.1, 0.15) is 0 Å². The number of benzene rings is 3. The Morgan fingerprint density at radius 3 is 2.21 bits per heavy atom. The Morgan fingerprint density at radius 2 is 1.55 bits per heavy atom. The Labute approximate surface area is 188 Å². The molecule has 0 atom stereocenters. The van der Waals surface area contributed by atoms with Gasteiger partial charge < -0.3 is 5.32 Å². The summed E-state index contributed by atoms with van der Waals surface area (Å²) in [6, 6.07) is 19.2. The third-order valence-corrected chi connectivity index (χ3v) is 6.10. The first-order valence-electron chi connectivity index (χ1n) is 9.74. The molecule has 1 amide bonds. The van der Waals surface area contributed by atoms with Gasteiger partial charge in [-0.25, -0.2) is 21.9 Å². The van der Waals surface area contributed by atoms with E-state index in [0.29, 0.717) is 11.8 Å². The molecule has 0 aliphatic heterocycles. The van der Waals surface area contributed by atoms with Gasteiger partial charge in [0.15, 0.2) is 17.3 Å². The van der Waals surface area contributed by atoms with Gasteiger partial charge in [-0.3, -0.25) is 9.52 Å². The summed E-state index contributed by atoms with van der Waals surface area (Å²) >= 11 is 0. The monoisotopic (exact) mass is 468 g/mol. The van der Waals surface area contributed by atoms with Crippen LogP contribution in [0.4, 0.5) is 20.2 Å². The Morgan fingerprint density at radius 1 is 0.879 bits per heavy atom. The zero-order chi connectivity index (χ0) is 23.6. The van der Waals surface area contributed by atoms with Crippen LogP contribution in [0.15, 0.2) is 83.8 Å². The van der Waals surface area contributed by atoms with E-state index in [2.05, 4.69) is 15.1 Å². The third kappa shape index (κ3) is 4.90. The van der Waals surface area contributed by atoms with Gasteiger partial charge in [0, 0.05) is 17.1 Å². The molecule has 1 aromatic heterocycles. The normalized spacial score (nSPS) is 11.2. The van der Waals surface area contributed by atoms with E-state index in [9.17, 15) is 22.0 Å². The van der Waals surface area contributed by atoms with Gasteiger partial charge in [-0.15, -0.1) is 0 Å². The summed E-state index contributed by atoms with van der Waals surface area (Å²) in [5, 5.41) is 7.05. The smallest absolute Gasteiger partial charge is 0.276 e. The van der Waals surface area contributed by atoms with Gasteiger partial charge in [0.2, 0.25) is 0 Å². The number of sulfonamides is 1. The number of aromatic nitrogens is 2. The number of nitrogens with zero attached hydrogens (tertiary/aromatic N) is 2. The minimum absolute atomic E-state index is 0.182. The average molecular weight is 468 g/mol. The van der Waals surface area contributed by atoms with Crippen LogP contribution in [0.2, 0.25) is 0 Å². The largest absolute Gasteiger partial charge is 0.321 e. The molecule has 4 rings (SSSR count). The highest BCUT2D eigenvalue weighted by atomic mass is 32.2. The molecular formula is C23H18F2N4O3S. The second kappa shape index (κ2) is 8.83. The van der Waals surface area contributed by atoms with Crippen LogP contribution in [0, 0.1) is 18.6 Å². The van der Waals surface area contributed by atoms with Crippen LogP contribution in [0.3, 0.4) is 0 Å². The summed E-state index contributed by atoms with van der Waals surface area (Å²) in [4.78, 5) is 12.2.